The van der Waals surface area contributed by atoms with Gasteiger partial charge in [-0.3, -0.25) is 9.36 Å². The number of allylic oxidation sites excluding steroid dienone is 1. The third-order valence-corrected chi connectivity index (χ3v) is 5.34. The quantitative estimate of drug-likeness (QED) is 0.378. The SMILES string of the molecule is C=CCn1c(SCC(=O)Nc2ccc(OC)cc2OC)nnc1-c1cccc(OC)c1. The highest BCUT2D eigenvalue weighted by Gasteiger charge is 2.16. The van der Waals surface area contributed by atoms with Crippen molar-refractivity contribution in [3.05, 3.63) is 55.1 Å². The van der Waals surface area contributed by atoms with Gasteiger partial charge in [0.25, 0.3) is 0 Å². The first-order valence-corrected chi connectivity index (χ1v) is 10.4. The molecule has 0 unspecified atom stereocenters. The average molecular weight is 441 g/mol. The van der Waals surface area contributed by atoms with Gasteiger partial charge in [0.15, 0.2) is 11.0 Å². The normalized spacial score (nSPS) is 10.4. The van der Waals surface area contributed by atoms with Gasteiger partial charge in [-0.1, -0.05) is 30.0 Å². The van der Waals surface area contributed by atoms with Gasteiger partial charge in [0, 0.05) is 18.2 Å². The van der Waals surface area contributed by atoms with E-state index in [1.165, 1.54) is 18.9 Å². The molecule has 31 heavy (non-hydrogen) atoms. The third-order valence-electron chi connectivity index (χ3n) is 4.37. The summed E-state index contributed by atoms with van der Waals surface area (Å²) in [5, 5.41) is 12.1. The van der Waals surface area contributed by atoms with Crippen molar-refractivity contribution >= 4 is 23.4 Å². The molecule has 3 aromatic rings. The lowest BCUT2D eigenvalue weighted by atomic mass is 10.2. The van der Waals surface area contributed by atoms with Crippen molar-refractivity contribution in [2.24, 2.45) is 0 Å². The molecule has 0 aliphatic carbocycles. The number of nitrogens with zero attached hydrogens (tertiary/aromatic N) is 3. The van der Waals surface area contributed by atoms with Crippen molar-refractivity contribution in [1.82, 2.24) is 14.8 Å². The molecule has 1 N–H and O–H groups in total. The zero-order valence-electron chi connectivity index (χ0n) is 17.6. The molecule has 9 heteroatoms. The van der Waals surface area contributed by atoms with Gasteiger partial charge in [0.1, 0.15) is 17.2 Å². The van der Waals surface area contributed by atoms with Crippen molar-refractivity contribution in [2.45, 2.75) is 11.7 Å². The van der Waals surface area contributed by atoms with Gasteiger partial charge in [-0.25, -0.2) is 0 Å². The summed E-state index contributed by atoms with van der Waals surface area (Å²) in [4.78, 5) is 12.5. The molecule has 0 aliphatic rings. The van der Waals surface area contributed by atoms with E-state index in [9.17, 15) is 4.79 Å². The Hall–Kier alpha value is -3.46. The zero-order valence-corrected chi connectivity index (χ0v) is 18.4. The highest BCUT2D eigenvalue weighted by Crippen LogP contribution is 2.30. The maximum Gasteiger partial charge on any atom is 0.234 e. The lowest BCUT2D eigenvalue weighted by Gasteiger charge is -2.12. The topological polar surface area (TPSA) is 87.5 Å². The van der Waals surface area contributed by atoms with Crippen LogP contribution in [0.25, 0.3) is 11.4 Å². The summed E-state index contributed by atoms with van der Waals surface area (Å²) in [5.41, 5.74) is 1.44. The summed E-state index contributed by atoms with van der Waals surface area (Å²) < 4.78 is 17.7. The van der Waals surface area contributed by atoms with E-state index < -0.39 is 0 Å². The van der Waals surface area contributed by atoms with Gasteiger partial charge >= 0.3 is 0 Å². The number of rotatable bonds is 10. The monoisotopic (exact) mass is 440 g/mol. The molecular weight excluding hydrogens is 416 g/mol. The molecule has 1 aromatic heterocycles. The predicted octanol–water partition coefficient (Wildman–Crippen LogP) is 3.89. The van der Waals surface area contributed by atoms with E-state index in [4.69, 9.17) is 14.2 Å². The summed E-state index contributed by atoms with van der Waals surface area (Å²) in [7, 11) is 4.73. The van der Waals surface area contributed by atoms with Crippen molar-refractivity contribution in [3.8, 4) is 28.6 Å². The van der Waals surface area contributed by atoms with Crippen LogP contribution >= 0.6 is 11.8 Å². The summed E-state index contributed by atoms with van der Waals surface area (Å²) in [5.74, 6) is 2.54. The molecule has 2 aromatic carbocycles. The molecule has 3 rings (SSSR count). The van der Waals surface area contributed by atoms with Crippen molar-refractivity contribution < 1.29 is 19.0 Å². The second-order valence-electron chi connectivity index (χ2n) is 6.34. The lowest BCUT2D eigenvalue weighted by molar-refractivity contribution is -0.113. The number of ether oxygens (including phenoxy) is 3. The van der Waals surface area contributed by atoms with Crippen molar-refractivity contribution in [2.75, 3.05) is 32.4 Å². The Balaban J connectivity index is 1.73. The van der Waals surface area contributed by atoms with Crippen LogP contribution < -0.4 is 19.5 Å². The number of thioether (sulfide) groups is 1. The third kappa shape index (κ3) is 5.37. The fraction of sp³-hybridized carbons (Fsp3) is 0.227. The maximum absolute atomic E-state index is 12.5. The number of amides is 1. The van der Waals surface area contributed by atoms with Gasteiger partial charge in [-0.2, -0.15) is 0 Å². The first-order valence-electron chi connectivity index (χ1n) is 9.42. The first-order chi connectivity index (χ1) is 15.1. The number of hydrogen-bond donors (Lipinski definition) is 1. The van der Waals surface area contributed by atoms with Crippen molar-refractivity contribution in [1.29, 1.82) is 0 Å². The van der Waals surface area contributed by atoms with Gasteiger partial charge < -0.3 is 19.5 Å². The van der Waals surface area contributed by atoms with E-state index in [0.717, 1.165) is 11.3 Å². The summed E-state index contributed by atoms with van der Waals surface area (Å²) in [6.45, 7) is 4.33. The van der Waals surface area contributed by atoms with Crippen LogP contribution in [0.3, 0.4) is 0 Å². The number of aromatic nitrogens is 3. The second kappa shape index (κ2) is 10.5. The number of methoxy groups -OCH3 is 3. The maximum atomic E-state index is 12.5. The van der Waals surface area contributed by atoms with Gasteiger partial charge in [-0.05, 0) is 24.3 Å². The Labute approximate surface area is 185 Å². The molecule has 0 saturated carbocycles. The van der Waals surface area contributed by atoms with Crippen LogP contribution in [0, 0.1) is 0 Å². The molecule has 162 valence electrons. The van der Waals surface area contributed by atoms with Crippen LogP contribution in [0.4, 0.5) is 5.69 Å². The predicted molar refractivity (Wildman–Crippen MR) is 121 cm³/mol. The Morgan fingerprint density at radius 3 is 2.58 bits per heavy atom. The molecule has 0 atom stereocenters. The molecule has 8 nitrogen and oxygen atoms in total. The smallest absolute Gasteiger partial charge is 0.234 e. The van der Waals surface area contributed by atoms with Crippen molar-refractivity contribution in [3.63, 3.8) is 0 Å². The molecule has 0 aliphatic heterocycles. The minimum absolute atomic E-state index is 0.155. The fourth-order valence-corrected chi connectivity index (χ4v) is 3.63. The molecule has 0 fully saturated rings. The molecule has 0 saturated heterocycles. The van der Waals surface area contributed by atoms with E-state index in [2.05, 4.69) is 22.1 Å². The van der Waals surface area contributed by atoms with Crippen LogP contribution in [-0.4, -0.2) is 47.8 Å². The number of anilines is 1. The summed E-state index contributed by atoms with van der Waals surface area (Å²) >= 11 is 1.29. The highest BCUT2D eigenvalue weighted by molar-refractivity contribution is 7.99. The highest BCUT2D eigenvalue weighted by atomic mass is 32.2. The van der Waals surface area contributed by atoms with Gasteiger partial charge in [0.2, 0.25) is 5.91 Å². The summed E-state index contributed by atoms with van der Waals surface area (Å²) in [6, 6.07) is 12.8. The van der Waals surface area contributed by atoms with Gasteiger partial charge in [-0.15, -0.1) is 16.8 Å². The molecule has 0 bridgehead atoms. The lowest BCUT2D eigenvalue weighted by Crippen LogP contribution is -2.15. The van der Waals surface area contributed by atoms with Crippen LogP contribution in [0.2, 0.25) is 0 Å². The number of carbonyl (C=O) groups is 1. The van der Waals surface area contributed by atoms with Crippen LogP contribution in [-0.2, 0) is 11.3 Å². The number of carbonyl (C=O) groups excluding carboxylic acids is 1. The van der Waals surface area contributed by atoms with Crippen LogP contribution in [0.1, 0.15) is 0 Å². The number of benzene rings is 2. The minimum Gasteiger partial charge on any atom is -0.497 e. The molecule has 0 spiro atoms. The fourth-order valence-electron chi connectivity index (χ4n) is 2.88. The first kappa shape index (κ1) is 22.2. The molecular formula is C22H24N4O4S. The Bertz CT molecular complexity index is 1070. The van der Waals surface area contributed by atoms with E-state index in [-0.39, 0.29) is 11.7 Å². The number of nitrogens with one attached hydrogen (secondary N) is 1. The molecule has 1 amide bonds. The Kier molecular flexibility index (Phi) is 7.55. The van der Waals surface area contributed by atoms with Crippen LogP contribution in [0.5, 0.6) is 17.2 Å². The second-order valence-corrected chi connectivity index (χ2v) is 7.28. The summed E-state index contributed by atoms with van der Waals surface area (Å²) in [6.07, 6.45) is 1.76. The average Bonchev–Trinajstić information content (AvgIpc) is 3.20. The number of hydrogen-bond acceptors (Lipinski definition) is 7. The Morgan fingerprint density at radius 2 is 1.87 bits per heavy atom. The van der Waals surface area contributed by atoms with E-state index in [1.54, 1.807) is 38.5 Å². The van der Waals surface area contributed by atoms with E-state index >= 15 is 0 Å². The molecule has 0 radical (unpaired) electrons. The largest absolute Gasteiger partial charge is 0.497 e. The van der Waals surface area contributed by atoms with Gasteiger partial charge in [0.05, 0.1) is 32.8 Å². The Morgan fingerprint density at radius 1 is 1.10 bits per heavy atom. The van der Waals surface area contributed by atoms with Crippen LogP contribution in [0.15, 0.2) is 60.3 Å². The van der Waals surface area contributed by atoms with E-state index in [1.807, 2.05) is 28.8 Å². The standard InChI is InChI=1S/C22H24N4O4S/c1-5-11-26-21(15-7-6-8-16(12-15)28-2)24-25-22(26)31-14-20(27)23-18-10-9-17(29-3)13-19(18)30-4/h5-10,12-13H,1,11,14H2,2-4H3,(H,23,27). The molecule has 1 heterocycles. The zero-order chi connectivity index (χ0) is 22.2. The van der Waals surface area contributed by atoms with E-state index in [0.29, 0.717) is 34.7 Å². The minimum atomic E-state index is -0.190.